The van der Waals surface area contributed by atoms with Crippen LogP contribution in [0.3, 0.4) is 0 Å². The van der Waals surface area contributed by atoms with Crippen LogP contribution in [0.4, 0.5) is 5.69 Å². The van der Waals surface area contributed by atoms with Gasteiger partial charge in [0.25, 0.3) is 0 Å². The molecule has 0 unspecified atom stereocenters. The van der Waals surface area contributed by atoms with E-state index in [1.54, 1.807) is 7.11 Å². The molecule has 3 heteroatoms. The third kappa shape index (κ3) is 4.43. The second-order valence-corrected chi connectivity index (χ2v) is 9.41. The molecule has 3 aromatic rings. The molecule has 3 nitrogen and oxygen atoms in total. The third-order valence-corrected chi connectivity index (χ3v) is 7.22. The maximum Gasteiger partial charge on any atom is 0.119 e. The van der Waals surface area contributed by atoms with Gasteiger partial charge >= 0.3 is 0 Å². The minimum Gasteiger partial charge on any atom is -0.497 e. The van der Waals surface area contributed by atoms with Gasteiger partial charge in [-0.2, -0.15) is 0 Å². The van der Waals surface area contributed by atoms with E-state index in [1.807, 2.05) is 0 Å². The van der Waals surface area contributed by atoms with Crippen LogP contribution < -0.4 is 9.64 Å². The van der Waals surface area contributed by atoms with Gasteiger partial charge < -0.3 is 9.64 Å². The number of hydrogen-bond acceptors (Lipinski definition) is 3. The van der Waals surface area contributed by atoms with Crippen molar-refractivity contribution >= 4 is 16.8 Å². The van der Waals surface area contributed by atoms with Crippen molar-refractivity contribution in [3.63, 3.8) is 0 Å². The van der Waals surface area contributed by atoms with E-state index in [2.05, 4.69) is 96.4 Å². The van der Waals surface area contributed by atoms with E-state index in [4.69, 9.17) is 4.74 Å². The standard InChI is InChI=1S/C30H34N2O/c1-22(2)31-17-19-32(20-18-31)26-12-9-24(10-13-26)30-28(23-7-5-4-6-8-23)15-11-25-21-27(33-3)14-16-29(25)30/h4-10,12-14,16,21-22H,11,15,17-20H2,1-3H3. The van der Waals surface area contributed by atoms with Gasteiger partial charge in [0.2, 0.25) is 0 Å². The number of ether oxygens (including phenoxy) is 1. The molecule has 170 valence electrons. The molecule has 3 aromatic carbocycles. The molecule has 0 saturated carbocycles. The summed E-state index contributed by atoms with van der Waals surface area (Å²) >= 11 is 0. The lowest BCUT2D eigenvalue weighted by Crippen LogP contribution is -2.48. The molecule has 33 heavy (non-hydrogen) atoms. The van der Waals surface area contributed by atoms with E-state index in [0.29, 0.717) is 6.04 Å². The van der Waals surface area contributed by atoms with Crippen molar-refractivity contribution in [1.82, 2.24) is 4.90 Å². The second kappa shape index (κ2) is 9.44. The van der Waals surface area contributed by atoms with E-state index < -0.39 is 0 Å². The Labute approximate surface area is 198 Å². The van der Waals surface area contributed by atoms with E-state index >= 15 is 0 Å². The first-order valence-electron chi connectivity index (χ1n) is 12.2. The smallest absolute Gasteiger partial charge is 0.119 e. The van der Waals surface area contributed by atoms with Crippen molar-refractivity contribution in [3.05, 3.63) is 95.1 Å². The number of anilines is 1. The molecule has 0 bridgehead atoms. The zero-order valence-corrected chi connectivity index (χ0v) is 20.1. The van der Waals surface area contributed by atoms with Gasteiger partial charge in [-0.25, -0.2) is 0 Å². The van der Waals surface area contributed by atoms with Crippen LogP contribution >= 0.6 is 0 Å². The predicted octanol–water partition coefficient (Wildman–Crippen LogP) is 6.13. The molecule has 0 aromatic heterocycles. The highest BCUT2D eigenvalue weighted by Crippen LogP contribution is 2.42. The van der Waals surface area contributed by atoms with Crippen LogP contribution in [-0.4, -0.2) is 44.2 Å². The Morgan fingerprint density at radius 3 is 2.15 bits per heavy atom. The minimum absolute atomic E-state index is 0.628. The Balaban J connectivity index is 1.50. The van der Waals surface area contributed by atoms with Gasteiger partial charge in [0.1, 0.15) is 5.75 Å². The summed E-state index contributed by atoms with van der Waals surface area (Å²) in [6, 6.07) is 27.3. The topological polar surface area (TPSA) is 15.7 Å². The van der Waals surface area contributed by atoms with Gasteiger partial charge in [-0.3, -0.25) is 4.90 Å². The summed E-state index contributed by atoms with van der Waals surface area (Å²) in [6.45, 7) is 9.05. The summed E-state index contributed by atoms with van der Waals surface area (Å²) in [5.74, 6) is 0.937. The fraction of sp³-hybridized carbons (Fsp3) is 0.333. The zero-order chi connectivity index (χ0) is 22.8. The summed E-state index contributed by atoms with van der Waals surface area (Å²) in [5.41, 5.74) is 9.45. The fourth-order valence-corrected chi connectivity index (χ4v) is 5.29. The summed E-state index contributed by atoms with van der Waals surface area (Å²) in [4.78, 5) is 5.09. The Hall–Kier alpha value is -3.04. The molecule has 1 aliphatic carbocycles. The normalized spacial score (nSPS) is 16.8. The molecule has 1 fully saturated rings. The SMILES string of the molecule is COc1ccc2c(c1)CCC(c1ccccc1)=C2c1ccc(N2CCN(C(C)C)CC2)cc1. The number of piperazine rings is 1. The summed E-state index contributed by atoms with van der Waals surface area (Å²) in [5, 5.41) is 0. The van der Waals surface area contributed by atoms with Gasteiger partial charge in [0.05, 0.1) is 7.11 Å². The molecule has 1 aliphatic heterocycles. The Bertz CT molecular complexity index is 1120. The van der Waals surface area contributed by atoms with E-state index in [1.165, 1.54) is 39.1 Å². The molecule has 0 radical (unpaired) electrons. The van der Waals surface area contributed by atoms with Crippen molar-refractivity contribution in [2.75, 3.05) is 38.2 Å². The van der Waals surface area contributed by atoms with Crippen molar-refractivity contribution in [2.45, 2.75) is 32.7 Å². The van der Waals surface area contributed by atoms with Gasteiger partial charge in [0, 0.05) is 37.9 Å². The average Bonchev–Trinajstić information content (AvgIpc) is 2.88. The van der Waals surface area contributed by atoms with Gasteiger partial charge in [0.15, 0.2) is 0 Å². The number of hydrogen-bond donors (Lipinski definition) is 0. The maximum atomic E-state index is 5.51. The van der Waals surface area contributed by atoms with Crippen molar-refractivity contribution in [1.29, 1.82) is 0 Å². The van der Waals surface area contributed by atoms with Crippen molar-refractivity contribution in [3.8, 4) is 5.75 Å². The number of allylic oxidation sites excluding steroid dienone is 1. The second-order valence-electron chi connectivity index (χ2n) is 9.41. The molecule has 0 N–H and O–H groups in total. The van der Waals surface area contributed by atoms with Crippen LogP contribution in [0.15, 0.2) is 72.8 Å². The predicted molar refractivity (Wildman–Crippen MR) is 139 cm³/mol. The van der Waals surface area contributed by atoms with Gasteiger partial charge in [-0.15, -0.1) is 0 Å². The fourth-order valence-electron chi connectivity index (χ4n) is 5.29. The van der Waals surface area contributed by atoms with Crippen molar-refractivity contribution < 1.29 is 4.74 Å². The number of nitrogens with zero attached hydrogens (tertiary/aromatic N) is 2. The van der Waals surface area contributed by atoms with Gasteiger partial charge in [-0.1, -0.05) is 48.5 Å². The molecule has 1 saturated heterocycles. The first kappa shape index (κ1) is 21.8. The third-order valence-electron chi connectivity index (χ3n) is 7.22. The minimum atomic E-state index is 0.628. The molecule has 0 atom stereocenters. The van der Waals surface area contributed by atoms with Crippen LogP contribution in [0.1, 0.15) is 42.5 Å². The Kier molecular flexibility index (Phi) is 6.24. The van der Waals surface area contributed by atoms with Crippen LogP contribution in [0.2, 0.25) is 0 Å². The molecular formula is C30H34N2O. The quantitative estimate of drug-likeness (QED) is 0.476. The number of benzene rings is 3. The first-order valence-corrected chi connectivity index (χ1v) is 12.2. The number of fused-ring (bicyclic) bond motifs is 1. The van der Waals surface area contributed by atoms with Gasteiger partial charge in [-0.05, 0) is 84.4 Å². The van der Waals surface area contributed by atoms with Crippen LogP contribution in [0.5, 0.6) is 5.75 Å². The lowest BCUT2D eigenvalue weighted by molar-refractivity contribution is 0.209. The lowest BCUT2D eigenvalue weighted by Gasteiger charge is -2.38. The summed E-state index contributed by atoms with van der Waals surface area (Å²) < 4.78 is 5.51. The monoisotopic (exact) mass is 438 g/mol. The van der Waals surface area contributed by atoms with E-state index in [9.17, 15) is 0 Å². The first-order chi connectivity index (χ1) is 16.1. The summed E-state index contributed by atoms with van der Waals surface area (Å²) in [6.07, 6.45) is 2.08. The number of methoxy groups -OCH3 is 1. The number of aryl methyl sites for hydroxylation is 1. The Morgan fingerprint density at radius 2 is 1.48 bits per heavy atom. The lowest BCUT2D eigenvalue weighted by atomic mass is 9.79. The van der Waals surface area contributed by atoms with E-state index in [-0.39, 0.29) is 0 Å². The molecule has 2 aliphatic rings. The zero-order valence-electron chi connectivity index (χ0n) is 20.1. The highest BCUT2D eigenvalue weighted by atomic mass is 16.5. The molecule has 1 heterocycles. The molecule has 5 rings (SSSR count). The Morgan fingerprint density at radius 1 is 0.758 bits per heavy atom. The summed E-state index contributed by atoms with van der Waals surface area (Å²) in [7, 11) is 1.75. The largest absolute Gasteiger partial charge is 0.497 e. The van der Waals surface area contributed by atoms with E-state index in [0.717, 1.165) is 44.8 Å². The maximum absolute atomic E-state index is 5.51. The molecule has 0 amide bonds. The average molecular weight is 439 g/mol. The highest BCUT2D eigenvalue weighted by Gasteiger charge is 2.23. The number of rotatable bonds is 5. The van der Waals surface area contributed by atoms with Crippen molar-refractivity contribution in [2.24, 2.45) is 0 Å². The van der Waals surface area contributed by atoms with Crippen LogP contribution in [0, 0.1) is 0 Å². The molecular weight excluding hydrogens is 404 g/mol. The van der Waals surface area contributed by atoms with Crippen LogP contribution in [-0.2, 0) is 6.42 Å². The van der Waals surface area contributed by atoms with Crippen LogP contribution in [0.25, 0.3) is 11.1 Å². The highest BCUT2D eigenvalue weighted by molar-refractivity contribution is 6.01. The molecule has 0 spiro atoms.